The molecule has 47 heavy (non-hydrogen) atoms. The van der Waals surface area contributed by atoms with E-state index >= 15 is 0 Å². The number of aryl methyl sites for hydroxylation is 1. The van der Waals surface area contributed by atoms with Crippen LogP contribution < -0.4 is 15.0 Å². The van der Waals surface area contributed by atoms with Crippen LogP contribution in [0.2, 0.25) is 0 Å². The molecular formula is C35H39F3N6O2S. The summed E-state index contributed by atoms with van der Waals surface area (Å²) in [4.78, 5) is 23.9. The molecule has 1 aromatic heterocycles. The van der Waals surface area contributed by atoms with Gasteiger partial charge in [-0.2, -0.15) is 4.99 Å². The molecule has 3 aromatic carbocycles. The minimum atomic E-state index is -4.74. The summed E-state index contributed by atoms with van der Waals surface area (Å²) in [6, 6.07) is 19.4. The molecule has 1 fully saturated rings. The zero-order chi connectivity index (χ0) is 33.6. The van der Waals surface area contributed by atoms with Crippen molar-refractivity contribution < 1.29 is 22.7 Å². The van der Waals surface area contributed by atoms with Gasteiger partial charge in [-0.1, -0.05) is 68.9 Å². The van der Waals surface area contributed by atoms with E-state index in [9.17, 15) is 18.0 Å². The van der Waals surface area contributed by atoms with Gasteiger partial charge >= 0.3 is 12.4 Å². The zero-order valence-corrected chi connectivity index (χ0v) is 27.7. The molecule has 0 saturated carbocycles. The van der Waals surface area contributed by atoms with Crippen molar-refractivity contribution in [1.29, 1.82) is 0 Å². The molecule has 248 valence electrons. The summed E-state index contributed by atoms with van der Waals surface area (Å²) in [5.74, 6) is 1.84. The van der Waals surface area contributed by atoms with E-state index in [2.05, 4.69) is 75.9 Å². The van der Waals surface area contributed by atoms with E-state index in [1.807, 2.05) is 24.3 Å². The number of carbonyl (C=O) groups excluding carboxylic acids is 1. The Labute approximate surface area is 277 Å². The molecule has 12 heteroatoms. The van der Waals surface area contributed by atoms with E-state index in [0.717, 1.165) is 53.5 Å². The van der Waals surface area contributed by atoms with E-state index in [1.54, 1.807) is 11.8 Å². The quantitative estimate of drug-likeness (QED) is 0.183. The Morgan fingerprint density at radius 1 is 1.06 bits per heavy atom. The van der Waals surface area contributed by atoms with E-state index in [-0.39, 0.29) is 11.8 Å². The fourth-order valence-corrected chi connectivity index (χ4v) is 6.64. The van der Waals surface area contributed by atoms with Crippen molar-refractivity contribution >= 4 is 28.6 Å². The average molecular weight is 665 g/mol. The number of alkyl halides is 3. The number of amidine groups is 1. The van der Waals surface area contributed by atoms with Gasteiger partial charge in [-0.05, 0) is 85.0 Å². The fraction of sp³-hybridized carbons (Fsp3) is 0.371. The number of rotatable bonds is 10. The molecule has 2 heterocycles. The number of nitrogens with one attached hydrogen (secondary N) is 1. The molecule has 4 aromatic rings. The van der Waals surface area contributed by atoms with Crippen molar-refractivity contribution in [2.75, 3.05) is 23.7 Å². The molecule has 1 N–H and O–H groups in total. The van der Waals surface area contributed by atoms with Gasteiger partial charge in [0.05, 0.1) is 5.69 Å². The highest BCUT2D eigenvalue weighted by atomic mass is 32.2. The molecule has 0 aliphatic carbocycles. The number of hydrogen-bond acceptors (Lipinski definition) is 5. The van der Waals surface area contributed by atoms with Crippen LogP contribution >= 0.6 is 11.8 Å². The van der Waals surface area contributed by atoms with Crippen LogP contribution in [0.25, 0.3) is 17.1 Å². The lowest BCUT2D eigenvalue weighted by Gasteiger charge is -2.32. The van der Waals surface area contributed by atoms with Crippen LogP contribution in [-0.4, -0.2) is 51.2 Å². The molecule has 5 rings (SSSR count). The van der Waals surface area contributed by atoms with Crippen LogP contribution in [0.5, 0.6) is 5.75 Å². The number of nitrogens with zero attached hydrogens (tertiary/aromatic N) is 5. The van der Waals surface area contributed by atoms with Crippen molar-refractivity contribution in [2.24, 2.45) is 10.9 Å². The Morgan fingerprint density at radius 2 is 1.81 bits per heavy atom. The van der Waals surface area contributed by atoms with Gasteiger partial charge in [-0.25, -0.2) is 14.5 Å². The summed E-state index contributed by atoms with van der Waals surface area (Å²) in [6.07, 6.45) is -0.540. The molecule has 0 radical (unpaired) electrons. The van der Waals surface area contributed by atoms with Crippen molar-refractivity contribution in [3.05, 3.63) is 89.7 Å². The van der Waals surface area contributed by atoms with Crippen molar-refractivity contribution in [1.82, 2.24) is 20.1 Å². The number of anilines is 1. The average Bonchev–Trinajstić information content (AvgIpc) is 3.51. The SMILES string of the molecule is Cc1cccc(N2CCCS/C2=N\C(=O)NCCC(C)Cc2ccc(-c3ncn(-c4ccc(OC(F)(F)F)cc4)n3)cc2)c1C(C)C. The van der Waals surface area contributed by atoms with E-state index < -0.39 is 6.36 Å². The minimum Gasteiger partial charge on any atom is -0.406 e. The maximum Gasteiger partial charge on any atom is 0.573 e. The van der Waals surface area contributed by atoms with E-state index in [1.165, 1.54) is 46.4 Å². The van der Waals surface area contributed by atoms with Crippen molar-refractivity contribution in [3.63, 3.8) is 0 Å². The third-order valence-electron chi connectivity index (χ3n) is 7.89. The van der Waals surface area contributed by atoms with Crippen LogP contribution in [0.4, 0.5) is 23.7 Å². The van der Waals surface area contributed by atoms with Crippen molar-refractivity contribution in [3.8, 4) is 22.8 Å². The summed E-state index contributed by atoms with van der Waals surface area (Å²) in [7, 11) is 0. The number of benzene rings is 3. The van der Waals surface area contributed by atoms with Gasteiger partial charge in [0.15, 0.2) is 11.0 Å². The standard InChI is InChI=1S/C35H39F3N6O2S/c1-23(2)31-25(4)7-5-8-30(31)43-19-6-20-47-34(43)41-33(45)39-18-17-24(3)21-26-9-11-27(12-10-26)32-40-22-44(42-32)28-13-15-29(16-14-28)46-35(36,37)38/h5,7-16,22-24H,6,17-21H2,1-4H3,(H,39,45)/b41-34-. The summed E-state index contributed by atoms with van der Waals surface area (Å²) in [5.41, 5.74) is 6.21. The van der Waals surface area contributed by atoms with Crippen LogP contribution in [-0.2, 0) is 6.42 Å². The molecule has 1 aliphatic rings. The van der Waals surface area contributed by atoms with Gasteiger partial charge in [0.1, 0.15) is 12.1 Å². The molecule has 2 amide bonds. The van der Waals surface area contributed by atoms with Gasteiger partial charge in [0.25, 0.3) is 0 Å². The number of thioether (sulfide) groups is 1. The Morgan fingerprint density at radius 3 is 2.51 bits per heavy atom. The van der Waals surface area contributed by atoms with Gasteiger partial charge in [0.2, 0.25) is 0 Å². The number of hydrogen-bond donors (Lipinski definition) is 1. The maximum atomic E-state index is 12.8. The Kier molecular flexibility index (Phi) is 10.9. The first-order chi connectivity index (χ1) is 22.5. The topological polar surface area (TPSA) is 84.6 Å². The molecule has 1 unspecified atom stereocenters. The summed E-state index contributed by atoms with van der Waals surface area (Å²) in [5, 5.41) is 8.21. The second-order valence-corrected chi connectivity index (χ2v) is 13.1. The lowest BCUT2D eigenvalue weighted by Crippen LogP contribution is -2.36. The number of carbonyl (C=O) groups is 1. The number of ether oxygens (including phenoxy) is 1. The number of aromatic nitrogens is 3. The number of urea groups is 1. The highest BCUT2D eigenvalue weighted by Crippen LogP contribution is 2.34. The zero-order valence-electron chi connectivity index (χ0n) is 26.9. The molecule has 1 atom stereocenters. The van der Waals surface area contributed by atoms with Gasteiger partial charge in [-0.3, -0.25) is 0 Å². The molecule has 1 saturated heterocycles. The van der Waals surface area contributed by atoms with Crippen LogP contribution in [0.1, 0.15) is 56.2 Å². The molecule has 1 aliphatic heterocycles. The van der Waals surface area contributed by atoms with Crippen LogP contribution in [0.15, 0.2) is 78.0 Å². The highest BCUT2D eigenvalue weighted by molar-refractivity contribution is 8.14. The smallest absolute Gasteiger partial charge is 0.406 e. The van der Waals surface area contributed by atoms with E-state index in [4.69, 9.17) is 0 Å². The number of halogens is 3. The minimum absolute atomic E-state index is 0.299. The third-order valence-corrected chi connectivity index (χ3v) is 8.95. The fourth-order valence-electron chi connectivity index (χ4n) is 5.69. The second-order valence-electron chi connectivity index (χ2n) is 12.0. The highest BCUT2D eigenvalue weighted by Gasteiger charge is 2.31. The summed E-state index contributed by atoms with van der Waals surface area (Å²) < 4.78 is 42.7. The predicted molar refractivity (Wildman–Crippen MR) is 181 cm³/mol. The molecular weight excluding hydrogens is 625 g/mol. The first kappa shape index (κ1) is 34.0. The van der Waals surface area contributed by atoms with E-state index in [0.29, 0.717) is 29.9 Å². The second kappa shape index (κ2) is 15.1. The largest absolute Gasteiger partial charge is 0.573 e. The van der Waals surface area contributed by atoms with Gasteiger partial charge in [0, 0.05) is 30.1 Å². The van der Waals surface area contributed by atoms with Crippen molar-refractivity contribution in [2.45, 2.75) is 59.2 Å². The molecule has 0 bridgehead atoms. The van der Waals surface area contributed by atoms with Gasteiger partial charge in [-0.15, -0.1) is 18.3 Å². The normalized spacial score (nSPS) is 15.2. The van der Waals surface area contributed by atoms with Crippen LogP contribution in [0.3, 0.4) is 0 Å². The molecule has 0 spiro atoms. The predicted octanol–water partition coefficient (Wildman–Crippen LogP) is 8.54. The number of aliphatic imine (C=N–C) groups is 1. The Hall–Kier alpha value is -4.32. The summed E-state index contributed by atoms with van der Waals surface area (Å²) in [6.45, 7) is 10.1. The Bertz CT molecular complexity index is 1690. The Balaban J connectivity index is 1.12. The first-order valence-electron chi connectivity index (χ1n) is 15.7. The first-order valence-corrected chi connectivity index (χ1v) is 16.7. The summed E-state index contributed by atoms with van der Waals surface area (Å²) >= 11 is 1.63. The number of amides is 2. The monoisotopic (exact) mass is 664 g/mol. The van der Waals surface area contributed by atoms with Gasteiger partial charge < -0.3 is 15.0 Å². The lowest BCUT2D eigenvalue weighted by molar-refractivity contribution is -0.274. The molecule has 8 nitrogen and oxygen atoms in total. The lowest BCUT2D eigenvalue weighted by atomic mass is 9.95. The maximum absolute atomic E-state index is 12.8. The third kappa shape index (κ3) is 9.15. The van der Waals surface area contributed by atoms with Crippen LogP contribution in [0, 0.1) is 12.8 Å².